The minimum Gasteiger partial charge on any atom is -0.330 e. The molecule has 0 spiro atoms. The fourth-order valence-corrected chi connectivity index (χ4v) is 1.55. The highest BCUT2D eigenvalue weighted by atomic mass is 19.1. The number of rotatable bonds is 5. The molecule has 0 aliphatic carbocycles. The van der Waals surface area contributed by atoms with E-state index in [0.29, 0.717) is 19.4 Å². The number of aromatic nitrogens is 2. The van der Waals surface area contributed by atoms with Crippen molar-refractivity contribution >= 4 is 0 Å². The second-order valence-corrected chi connectivity index (χ2v) is 3.47. The molecule has 1 heterocycles. The molecule has 0 bridgehead atoms. The molecule has 3 nitrogen and oxygen atoms in total. The maximum absolute atomic E-state index is 13.3. The third-order valence-corrected chi connectivity index (χ3v) is 2.20. The van der Waals surface area contributed by atoms with E-state index in [0.717, 1.165) is 17.9 Å². The lowest BCUT2D eigenvalue weighted by atomic mass is 10.1. The summed E-state index contributed by atoms with van der Waals surface area (Å²) >= 11 is 0. The van der Waals surface area contributed by atoms with Crippen molar-refractivity contribution < 1.29 is 4.39 Å². The minimum atomic E-state index is -0.846. The first-order chi connectivity index (χ1) is 6.67. The van der Waals surface area contributed by atoms with Crippen LogP contribution in [-0.4, -0.2) is 22.5 Å². The molecule has 14 heavy (non-hydrogen) atoms. The minimum absolute atomic E-state index is 0.403. The number of nitrogens with two attached hydrogens (primary N) is 1. The van der Waals surface area contributed by atoms with Gasteiger partial charge in [0.2, 0.25) is 0 Å². The van der Waals surface area contributed by atoms with Crippen molar-refractivity contribution in [3.63, 3.8) is 0 Å². The van der Waals surface area contributed by atoms with Crippen molar-refractivity contribution in [1.82, 2.24) is 9.78 Å². The van der Waals surface area contributed by atoms with E-state index in [-0.39, 0.29) is 0 Å². The van der Waals surface area contributed by atoms with Gasteiger partial charge in [-0.25, -0.2) is 4.39 Å². The van der Waals surface area contributed by atoms with Gasteiger partial charge in [0.05, 0.1) is 5.69 Å². The van der Waals surface area contributed by atoms with Gasteiger partial charge in [0, 0.05) is 18.7 Å². The van der Waals surface area contributed by atoms with E-state index >= 15 is 0 Å². The molecule has 0 aromatic carbocycles. The standard InChI is InChI=1S/C10H18FN3/c1-3-14-10(6-8(2)13-14)7-9(11)4-5-12/h6,9H,3-5,7,12H2,1-2H3. The maximum atomic E-state index is 13.3. The van der Waals surface area contributed by atoms with Gasteiger partial charge >= 0.3 is 0 Å². The van der Waals surface area contributed by atoms with Crippen LogP contribution in [0.4, 0.5) is 4.39 Å². The Bertz CT molecular complexity index is 283. The Morgan fingerprint density at radius 3 is 2.93 bits per heavy atom. The molecule has 0 radical (unpaired) electrons. The Labute approximate surface area is 84.1 Å². The van der Waals surface area contributed by atoms with E-state index < -0.39 is 6.17 Å². The summed E-state index contributed by atoms with van der Waals surface area (Å²) in [5, 5.41) is 4.26. The summed E-state index contributed by atoms with van der Waals surface area (Å²) in [5.74, 6) is 0. The average molecular weight is 199 g/mol. The summed E-state index contributed by atoms with van der Waals surface area (Å²) in [6.07, 6.45) is 0.00112. The molecule has 0 saturated carbocycles. The van der Waals surface area contributed by atoms with Gasteiger partial charge in [0.15, 0.2) is 0 Å². The number of hydrogen-bond acceptors (Lipinski definition) is 2. The number of alkyl halides is 1. The summed E-state index contributed by atoms with van der Waals surface area (Å²) in [5.41, 5.74) is 7.21. The Morgan fingerprint density at radius 2 is 2.36 bits per heavy atom. The number of hydrogen-bond donors (Lipinski definition) is 1. The van der Waals surface area contributed by atoms with Gasteiger partial charge in [0.25, 0.3) is 0 Å². The second kappa shape index (κ2) is 5.10. The number of aryl methyl sites for hydroxylation is 2. The van der Waals surface area contributed by atoms with Crippen LogP contribution in [0.5, 0.6) is 0 Å². The quantitative estimate of drug-likeness (QED) is 0.779. The molecule has 1 unspecified atom stereocenters. The van der Waals surface area contributed by atoms with Gasteiger partial charge in [-0.05, 0) is 32.9 Å². The van der Waals surface area contributed by atoms with Crippen LogP contribution < -0.4 is 5.73 Å². The maximum Gasteiger partial charge on any atom is 0.107 e. The zero-order valence-electron chi connectivity index (χ0n) is 8.83. The first-order valence-electron chi connectivity index (χ1n) is 5.04. The fraction of sp³-hybridized carbons (Fsp3) is 0.700. The van der Waals surface area contributed by atoms with Gasteiger partial charge in [-0.2, -0.15) is 5.10 Å². The molecule has 1 aromatic rings. The van der Waals surface area contributed by atoms with Gasteiger partial charge in [0.1, 0.15) is 6.17 Å². The molecule has 1 rings (SSSR count). The second-order valence-electron chi connectivity index (χ2n) is 3.47. The lowest BCUT2D eigenvalue weighted by Gasteiger charge is -2.07. The highest BCUT2D eigenvalue weighted by molar-refractivity contribution is 5.09. The zero-order chi connectivity index (χ0) is 10.6. The normalized spacial score (nSPS) is 13.1. The van der Waals surface area contributed by atoms with Crippen LogP contribution in [0.1, 0.15) is 24.7 Å². The van der Waals surface area contributed by atoms with Crippen molar-refractivity contribution in [1.29, 1.82) is 0 Å². The lowest BCUT2D eigenvalue weighted by molar-refractivity contribution is 0.310. The van der Waals surface area contributed by atoms with Crippen LogP contribution in [0.2, 0.25) is 0 Å². The predicted octanol–water partition coefficient (Wildman–Crippen LogP) is 1.44. The van der Waals surface area contributed by atoms with E-state index in [2.05, 4.69) is 5.10 Å². The fourth-order valence-electron chi connectivity index (χ4n) is 1.55. The van der Waals surface area contributed by atoms with E-state index in [4.69, 9.17) is 5.73 Å². The summed E-state index contributed by atoms with van der Waals surface area (Å²) in [7, 11) is 0. The van der Waals surface area contributed by atoms with Crippen molar-refractivity contribution in [2.24, 2.45) is 5.73 Å². The van der Waals surface area contributed by atoms with Gasteiger partial charge in [-0.3, -0.25) is 4.68 Å². The monoisotopic (exact) mass is 199 g/mol. The topological polar surface area (TPSA) is 43.8 Å². The highest BCUT2D eigenvalue weighted by Crippen LogP contribution is 2.10. The molecule has 4 heteroatoms. The van der Waals surface area contributed by atoms with E-state index in [9.17, 15) is 4.39 Å². The van der Waals surface area contributed by atoms with Crippen molar-refractivity contribution in [3.8, 4) is 0 Å². The van der Waals surface area contributed by atoms with Crippen LogP contribution in [0.3, 0.4) is 0 Å². The molecular weight excluding hydrogens is 181 g/mol. The van der Waals surface area contributed by atoms with E-state index in [1.807, 2.05) is 24.6 Å². The summed E-state index contributed by atoms with van der Waals surface area (Å²) in [6, 6.07) is 1.94. The molecule has 2 N–H and O–H groups in total. The van der Waals surface area contributed by atoms with Crippen molar-refractivity contribution in [2.75, 3.05) is 6.54 Å². The van der Waals surface area contributed by atoms with Gasteiger partial charge in [-0.1, -0.05) is 0 Å². The Morgan fingerprint density at radius 1 is 1.64 bits per heavy atom. The molecule has 0 fully saturated rings. The highest BCUT2D eigenvalue weighted by Gasteiger charge is 2.11. The van der Waals surface area contributed by atoms with Crippen molar-refractivity contribution in [2.45, 2.75) is 39.4 Å². The summed E-state index contributed by atoms with van der Waals surface area (Å²) in [6.45, 7) is 5.12. The third kappa shape index (κ3) is 2.80. The molecule has 1 aromatic heterocycles. The van der Waals surface area contributed by atoms with Crippen LogP contribution in [0.15, 0.2) is 6.07 Å². The van der Waals surface area contributed by atoms with Gasteiger partial charge in [-0.15, -0.1) is 0 Å². The molecule has 0 aliphatic heterocycles. The molecule has 80 valence electrons. The zero-order valence-corrected chi connectivity index (χ0v) is 8.83. The Kier molecular flexibility index (Phi) is 4.07. The molecule has 1 atom stereocenters. The summed E-state index contributed by atoms with van der Waals surface area (Å²) in [4.78, 5) is 0. The van der Waals surface area contributed by atoms with E-state index in [1.54, 1.807) is 0 Å². The Hall–Kier alpha value is -0.900. The summed E-state index contributed by atoms with van der Waals surface area (Å²) < 4.78 is 15.1. The molecule has 0 amide bonds. The van der Waals surface area contributed by atoms with Crippen LogP contribution in [-0.2, 0) is 13.0 Å². The van der Waals surface area contributed by atoms with Crippen LogP contribution in [0, 0.1) is 6.92 Å². The molecule has 0 saturated heterocycles. The first kappa shape index (κ1) is 11.2. The van der Waals surface area contributed by atoms with Crippen molar-refractivity contribution in [3.05, 3.63) is 17.5 Å². The number of nitrogens with zero attached hydrogens (tertiary/aromatic N) is 2. The lowest BCUT2D eigenvalue weighted by Crippen LogP contribution is -2.14. The Balaban J connectivity index is 2.65. The predicted molar refractivity (Wildman–Crippen MR) is 54.9 cm³/mol. The largest absolute Gasteiger partial charge is 0.330 e. The molecule has 0 aliphatic rings. The van der Waals surface area contributed by atoms with Gasteiger partial charge < -0.3 is 5.73 Å². The SMILES string of the molecule is CCn1nc(C)cc1CC(F)CCN. The first-order valence-corrected chi connectivity index (χ1v) is 5.04. The average Bonchev–Trinajstić information content (AvgIpc) is 2.46. The third-order valence-electron chi connectivity index (χ3n) is 2.20. The smallest absolute Gasteiger partial charge is 0.107 e. The molecular formula is C10H18FN3. The van der Waals surface area contributed by atoms with Crippen LogP contribution in [0.25, 0.3) is 0 Å². The van der Waals surface area contributed by atoms with E-state index in [1.165, 1.54) is 0 Å². The number of halogens is 1. The van der Waals surface area contributed by atoms with Crippen LogP contribution >= 0.6 is 0 Å².